The standard InChI is InChI=1S/C20H21N3O2/c1-12-7-15(8-13(2)20(12)25)14-3-4-17-18(9-14)22-19(10-21-17)23-6-5-16(24)11-23/h3-4,7-10,16,24-25H,5-6,11H2,1-2H3. The number of phenolic OH excluding ortho intramolecular Hbond substituents is 1. The van der Waals surface area contributed by atoms with Gasteiger partial charge >= 0.3 is 0 Å². The summed E-state index contributed by atoms with van der Waals surface area (Å²) in [7, 11) is 0. The van der Waals surface area contributed by atoms with Crippen LogP contribution >= 0.6 is 0 Å². The molecule has 2 aromatic carbocycles. The smallest absolute Gasteiger partial charge is 0.147 e. The van der Waals surface area contributed by atoms with Gasteiger partial charge in [-0.25, -0.2) is 4.98 Å². The lowest BCUT2D eigenvalue weighted by atomic mass is 9.99. The second-order valence-corrected chi connectivity index (χ2v) is 6.78. The summed E-state index contributed by atoms with van der Waals surface area (Å²) in [5, 5.41) is 19.7. The summed E-state index contributed by atoms with van der Waals surface area (Å²) in [6, 6.07) is 10.00. The Morgan fingerprint density at radius 3 is 2.48 bits per heavy atom. The second-order valence-electron chi connectivity index (χ2n) is 6.78. The van der Waals surface area contributed by atoms with Gasteiger partial charge in [-0.15, -0.1) is 0 Å². The minimum atomic E-state index is -0.285. The number of aromatic nitrogens is 2. The first kappa shape index (κ1) is 15.8. The summed E-state index contributed by atoms with van der Waals surface area (Å²) < 4.78 is 0. The minimum Gasteiger partial charge on any atom is -0.507 e. The van der Waals surface area contributed by atoms with Crippen LogP contribution < -0.4 is 4.90 Å². The molecule has 3 aromatic rings. The van der Waals surface area contributed by atoms with E-state index in [1.165, 1.54) is 0 Å². The number of β-amino-alcohol motifs (C(OH)–C–C–N with tert-alkyl or cyclic N) is 1. The first-order valence-corrected chi connectivity index (χ1v) is 8.51. The Balaban J connectivity index is 1.76. The van der Waals surface area contributed by atoms with Crippen LogP contribution in [0.5, 0.6) is 5.75 Å². The highest BCUT2D eigenvalue weighted by molar-refractivity contribution is 5.82. The van der Waals surface area contributed by atoms with Gasteiger partial charge in [0, 0.05) is 13.1 Å². The Hall–Kier alpha value is -2.66. The van der Waals surface area contributed by atoms with Crippen molar-refractivity contribution in [2.75, 3.05) is 18.0 Å². The molecule has 1 saturated heterocycles. The van der Waals surface area contributed by atoms with E-state index in [9.17, 15) is 10.2 Å². The van der Waals surface area contributed by atoms with Crippen LogP contribution in [0.3, 0.4) is 0 Å². The molecule has 1 unspecified atom stereocenters. The number of hydrogen-bond donors (Lipinski definition) is 2. The van der Waals surface area contributed by atoms with Gasteiger partial charge in [0.25, 0.3) is 0 Å². The van der Waals surface area contributed by atoms with E-state index < -0.39 is 0 Å². The molecular weight excluding hydrogens is 314 g/mol. The van der Waals surface area contributed by atoms with Crippen molar-refractivity contribution in [2.24, 2.45) is 0 Å². The summed E-state index contributed by atoms with van der Waals surface area (Å²) in [4.78, 5) is 11.3. The molecule has 4 rings (SSSR count). The summed E-state index contributed by atoms with van der Waals surface area (Å²) >= 11 is 0. The van der Waals surface area contributed by atoms with Crippen molar-refractivity contribution in [1.82, 2.24) is 9.97 Å². The van der Waals surface area contributed by atoms with Crippen LogP contribution in [-0.4, -0.2) is 39.4 Å². The van der Waals surface area contributed by atoms with E-state index in [0.717, 1.165) is 52.1 Å². The van der Waals surface area contributed by atoms with Gasteiger partial charge in [0.05, 0.1) is 23.3 Å². The van der Waals surface area contributed by atoms with Crippen molar-refractivity contribution in [1.29, 1.82) is 0 Å². The molecule has 1 fully saturated rings. The minimum absolute atomic E-state index is 0.285. The van der Waals surface area contributed by atoms with E-state index in [0.29, 0.717) is 12.3 Å². The van der Waals surface area contributed by atoms with Crippen LogP contribution in [0.2, 0.25) is 0 Å². The van der Waals surface area contributed by atoms with Gasteiger partial charge < -0.3 is 15.1 Å². The number of aryl methyl sites for hydroxylation is 2. The molecule has 128 valence electrons. The van der Waals surface area contributed by atoms with Crippen molar-refractivity contribution in [2.45, 2.75) is 26.4 Å². The van der Waals surface area contributed by atoms with E-state index in [1.807, 2.05) is 44.2 Å². The van der Waals surface area contributed by atoms with E-state index in [4.69, 9.17) is 4.98 Å². The van der Waals surface area contributed by atoms with Crippen molar-refractivity contribution >= 4 is 16.9 Å². The summed E-state index contributed by atoms with van der Waals surface area (Å²) in [5.41, 5.74) is 5.51. The molecule has 0 radical (unpaired) electrons. The molecule has 2 N–H and O–H groups in total. The molecular formula is C20H21N3O2. The maximum atomic E-state index is 9.98. The Kier molecular flexibility index (Phi) is 3.81. The number of aliphatic hydroxyl groups is 1. The van der Waals surface area contributed by atoms with Crippen molar-refractivity contribution < 1.29 is 10.2 Å². The topological polar surface area (TPSA) is 69.5 Å². The lowest BCUT2D eigenvalue weighted by Gasteiger charge is -2.16. The van der Waals surface area contributed by atoms with E-state index in [-0.39, 0.29) is 6.10 Å². The first-order chi connectivity index (χ1) is 12.0. The van der Waals surface area contributed by atoms with Gasteiger partial charge in [0.1, 0.15) is 11.6 Å². The Morgan fingerprint density at radius 1 is 1.04 bits per heavy atom. The summed E-state index contributed by atoms with van der Waals surface area (Å²) in [6.07, 6.45) is 2.26. The molecule has 1 aliphatic rings. The fraction of sp³-hybridized carbons (Fsp3) is 0.300. The molecule has 1 atom stereocenters. The normalized spacial score (nSPS) is 17.4. The van der Waals surface area contributed by atoms with E-state index in [1.54, 1.807) is 6.20 Å². The van der Waals surface area contributed by atoms with E-state index in [2.05, 4.69) is 9.88 Å². The highest BCUT2D eigenvalue weighted by Crippen LogP contribution is 2.30. The third kappa shape index (κ3) is 2.91. The Labute approximate surface area is 146 Å². The molecule has 5 heteroatoms. The third-order valence-electron chi connectivity index (χ3n) is 4.84. The SMILES string of the molecule is Cc1cc(-c2ccc3ncc(N4CCC(O)C4)nc3c2)cc(C)c1O. The molecule has 0 spiro atoms. The molecule has 1 aromatic heterocycles. The number of phenols is 1. The molecule has 25 heavy (non-hydrogen) atoms. The second kappa shape index (κ2) is 6.01. The summed E-state index contributed by atoms with van der Waals surface area (Å²) in [5.74, 6) is 1.15. The molecule has 0 amide bonds. The number of aromatic hydroxyl groups is 1. The maximum Gasteiger partial charge on any atom is 0.147 e. The third-order valence-corrected chi connectivity index (χ3v) is 4.84. The van der Waals surface area contributed by atoms with Crippen LogP contribution in [0.4, 0.5) is 5.82 Å². The predicted molar refractivity (Wildman–Crippen MR) is 98.9 cm³/mol. The average Bonchev–Trinajstić information content (AvgIpc) is 3.04. The van der Waals surface area contributed by atoms with Crippen LogP contribution in [0, 0.1) is 13.8 Å². The van der Waals surface area contributed by atoms with Gasteiger partial charge in [-0.3, -0.25) is 4.98 Å². The number of aliphatic hydroxyl groups excluding tert-OH is 1. The fourth-order valence-corrected chi connectivity index (χ4v) is 3.41. The maximum absolute atomic E-state index is 9.98. The Morgan fingerprint density at radius 2 is 1.80 bits per heavy atom. The van der Waals surface area contributed by atoms with E-state index >= 15 is 0 Å². The predicted octanol–water partition coefficient (Wildman–Crippen LogP) is 3.19. The number of nitrogens with zero attached hydrogens (tertiary/aromatic N) is 3. The highest BCUT2D eigenvalue weighted by atomic mass is 16.3. The Bertz CT molecular complexity index is 932. The quantitative estimate of drug-likeness (QED) is 0.753. The lowest BCUT2D eigenvalue weighted by Crippen LogP contribution is -2.22. The van der Waals surface area contributed by atoms with Crippen molar-refractivity contribution in [3.8, 4) is 16.9 Å². The number of hydrogen-bond acceptors (Lipinski definition) is 5. The zero-order chi connectivity index (χ0) is 17.6. The zero-order valence-electron chi connectivity index (χ0n) is 14.4. The first-order valence-electron chi connectivity index (χ1n) is 8.51. The van der Waals surface area contributed by atoms with Gasteiger partial charge in [0.2, 0.25) is 0 Å². The van der Waals surface area contributed by atoms with Crippen LogP contribution in [0.15, 0.2) is 36.5 Å². The molecule has 0 saturated carbocycles. The molecule has 5 nitrogen and oxygen atoms in total. The number of anilines is 1. The highest BCUT2D eigenvalue weighted by Gasteiger charge is 2.21. The van der Waals surface area contributed by atoms with Gasteiger partial charge in [0.15, 0.2) is 0 Å². The van der Waals surface area contributed by atoms with Crippen LogP contribution in [0.25, 0.3) is 22.2 Å². The van der Waals surface area contributed by atoms with Crippen molar-refractivity contribution in [3.63, 3.8) is 0 Å². The molecule has 1 aliphatic heterocycles. The van der Waals surface area contributed by atoms with Gasteiger partial charge in [-0.2, -0.15) is 0 Å². The average molecular weight is 335 g/mol. The summed E-state index contributed by atoms with van der Waals surface area (Å²) in [6.45, 7) is 5.22. The molecule has 2 heterocycles. The number of benzene rings is 2. The van der Waals surface area contributed by atoms with Crippen molar-refractivity contribution in [3.05, 3.63) is 47.7 Å². The zero-order valence-corrected chi connectivity index (χ0v) is 14.4. The molecule has 0 aliphatic carbocycles. The fourth-order valence-electron chi connectivity index (χ4n) is 3.41. The number of rotatable bonds is 2. The monoisotopic (exact) mass is 335 g/mol. The molecule has 0 bridgehead atoms. The number of fused-ring (bicyclic) bond motifs is 1. The largest absolute Gasteiger partial charge is 0.507 e. The van der Waals surface area contributed by atoms with Crippen LogP contribution in [0.1, 0.15) is 17.5 Å². The lowest BCUT2D eigenvalue weighted by molar-refractivity contribution is 0.198. The van der Waals surface area contributed by atoms with Gasteiger partial charge in [-0.1, -0.05) is 6.07 Å². The van der Waals surface area contributed by atoms with Gasteiger partial charge in [-0.05, 0) is 66.8 Å². The van der Waals surface area contributed by atoms with Crippen LogP contribution in [-0.2, 0) is 0 Å².